The van der Waals surface area contributed by atoms with E-state index >= 15 is 0 Å². The van der Waals surface area contributed by atoms with Gasteiger partial charge in [-0.05, 0) is 50.6 Å². The molecule has 0 saturated carbocycles. The van der Waals surface area contributed by atoms with Crippen LogP contribution in [0.4, 0.5) is 23.1 Å². The fourth-order valence-corrected chi connectivity index (χ4v) is 3.93. The predicted octanol–water partition coefficient (Wildman–Crippen LogP) is 1.88. The number of likely N-dealkylation sites (N-methyl/N-ethyl adjacent to an activating group) is 1. The fourth-order valence-electron chi connectivity index (χ4n) is 3.93. The number of nitrogens with zero attached hydrogens (tertiary/aromatic N) is 3. The molecule has 2 aromatic rings. The van der Waals surface area contributed by atoms with E-state index in [9.17, 15) is 9.59 Å². The van der Waals surface area contributed by atoms with Gasteiger partial charge in [-0.25, -0.2) is 4.98 Å². The number of benzene rings is 1. The second-order valence-corrected chi connectivity index (χ2v) is 7.97. The minimum absolute atomic E-state index is 0.00988. The topological polar surface area (TPSA) is 121 Å². The van der Waals surface area contributed by atoms with Crippen molar-refractivity contribution in [2.45, 2.75) is 38.3 Å². The molecule has 1 aromatic heterocycles. The van der Waals surface area contributed by atoms with Crippen LogP contribution in [0.3, 0.4) is 0 Å². The maximum atomic E-state index is 12.7. The van der Waals surface area contributed by atoms with Crippen molar-refractivity contribution >= 4 is 35.0 Å². The number of fused-ring (bicyclic) bond motifs is 1. The SMILES string of the molecule is CC[C@H]1Nc2nc(Nc3ccc(C(=O)NC4CCNCC4)cc3OC)ncc2N(C)C1=O. The molecular weight excluding hydrogens is 410 g/mol. The van der Waals surface area contributed by atoms with E-state index < -0.39 is 0 Å². The Hall–Kier alpha value is -3.40. The zero-order chi connectivity index (χ0) is 22.7. The minimum atomic E-state index is -0.317. The zero-order valence-corrected chi connectivity index (χ0v) is 18.6. The summed E-state index contributed by atoms with van der Waals surface area (Å²) in [6.07, 6.45) is 4.11. The Morgan fingerprint density at radius 3 is 2.81 bits per heavy atom. The van der Waals surface area contributed by atoms with Gasteiger partial charge in [0, 0.05) is 18.7 Å². The number of carbonyl (C=O) groups is 2. The van der Waals surface area contributed by atoms with E-state index in [4.69, 9.17) is 4.74 Å². The van der Waals surface area contributed by atoms with Gasteiger partial charge in [0.25, 0.3) is 5.91 Å². The van der Waals surface area contributed by atoms with Crippen LogP contribution in [0.2, 0.25) is 0 Å². The monoisotopic (exact) mass is 439 g/mol. The van der Waals surface area contributed by atoms with Crippen molar-refractivity contribution in [2.24, 2.45) is 0 Å². The Labute approximate surface area is 187 Å². The summed E-state index contributed by atoms with van der Waals surface area (Å²) in [5, 5.41) is 12.7. The number of hydrogen-bond donors (Lipinski definition) is 4. The second kappa shape index (κ2) is 9.39. The van der Waals surface area contributed by atoms with E-state index in [-0.39, 0.29) is 23.9 Å². The average Bonchev–Trinajstić information content (AvgIpc) is 2.82. The van der Waals surface area contributed by atoms with Gasteiger partial charge in [-0.3, -0.25) is 9.59 Å². The van der Waals surface area contributed by atoms with Crippen molar-refractivity contribution in [2.75, 3.05) is 42.8 Å². The van der Waals surface area contributed by atoms with Gasteiger partial charge in [-0.2, -0.15) is 4.98 Å². The highest BCUT2D eigenvalue weighted by atomic mass is 16.5. The number of anilines is 4. The van der Waals surface area contributed by atoms with Crippen LogP contribution in [-0.4, -0.2) is 61.1 Å². The highest BCUT2D eigenvalue weighted by Crippen LogP contribution is 2.32. The van der Waals surface area contributed by atoms with E-state index in [2.05, 4.69) is 31.2 Å². The molecule has 1 fully saturated rings. The van der Waals surface area contributed by atoms with Crippen molar-refractivity contribution in [1.29, 1.82) is 0 Å². The predicted molar refractivity (Wildman–Crippen MR) is 123 cm³/mol. The normalized spacial score (nSPS) is 18.5. The van der Waals surface area contributed by atoms with Crippen LogP contribution < -0.4 is 30.9 Å². The number of amides is 2. The van der Waals surface area contributed by atoms with Gasteiger partial charge in [0.1, 0.15) is 17.5 Å². The Morgan fingerprint density at radius 1 is 1.31 bits per heavy atom. The fraction of sp³-hybridized carbons (Fsp3) is 0.455. The summed E-state index contributed by atoms with van der Waals surface area (Å²) >= 11 is 0. The first-order chi connectivity index (χ1) is 15.5. The van der Waals surface area contributed by atoms with Crippen molar-refractivity contribution in [3.05, 3.63) is 30.0 Å². The van der Waals surface area contributed by atoms with Crippen LogP contribution in [0.1, 0.15) is 36.5 Å². The molecule has 1 aromatic carbocycles. The molecule has 1 saturated heterocycles. The Bertz CT molecular complexity index is 1010. The zero-order valence-electron chi connectivity index (χ0n) is 18.6. The third kappa shape index (κ3) is 4.45. The lowest BCUT2D eigenvalue weighted by atomic mass is 10.1. The molecular formula is C22H29N7O3. The van der Waals surface area contributed by atoms with Crippen LogP contribution in [0.15, 0.2) is 24.4 Å². The van der Waals surface area contributed by atoms with Gasteiger partial charge in [-0.15, -0.1) is 0 Å². The summed E-state index contributed by atoms with van der Waals surface area (Å²) in [6.45, 7) is 3.77. The standard InChI is InChI=1S/C22H29N7O3/c1-4-15-21(31)29(2)17-12-24-22(28-19(17)26-15)27-16-6-5-13(11-18(16)32-3)20(30)25-14-7-9-23-10-8-14/h5-6,11-12,14-15,23H,4,7-10H2,1-3H3,(H,25,30)(H2,24,26,27,28)/t15-/m1/s1. The van der Waals surface area contributed by atoms with Gasteiger partial charge < -0.3 is 30.9 Å². The summed E-state index contributed by atoms with van der Waals surface area (Å²) in [7, 11) is 3.27. The van der Waals surface area contributed by atoms with E-state index in [0.29, 0.717) is 40.9 Å². The van der Waals surface area contributed by atoms with Crippen molar-refractivity contribution in [3.8, 4) is 5.75 Å². The van der Waals surface area contributed by atoms with Crippen LogP contribution in [0, 0.1) is 0 Å². The quantitative estimate of drug-likeness (QED) is 0.539. The van der Waals surface area contributed by atoms with Gasteiger partial charge in [0.15, 0.2) is 5.82 Å². The van der Waals surface area contributed by atoms with Crippen LogP contribution in [-0.2, 0) is 4.79 Å². The number of ether oxygens (including phenoxy) is 1. The minimum Gasteiger partial charge on any atom is -0.495 e. The lowest BCUT2D eigenvalue weighted by Gasteiger charge is -2.31. The summed E-state index contributed by atoms with van der Waals surface area (Å²) in [6, 6.07) is 5.09. The molecule has 32 heavy (non-hydrogen) atoms. The molecule has 1 atom stereocenters. The maximum Gasteiger partial charge on any atom is 0.251 e. The number of rotatable bonds is 6. The molecule has 4 N–H and O–H groups in total. The highest BCUT2D eigenvalue weighted by Gasteiger charge is 2.30. The van der Waals surface area contributed by atoms with Gasteiger partial charge in [0.05, 0.1) is 19.0 Å². The molecule has 3 heterocycles. The summed E-state index contributed by atoms with van der Waals surface area (Å²) in [5.74, 6) is 1.34. The first-order valence-corrected chi connectivity index (χ1v) is 10.9. The van der Waals surface area contributed by atoms with Gasteiger partial charge >= 0.3 is 0 Å². The molecule has 0 spiro atoms. The Kier molecular flexibility index (Phi) is 6.40. The first-order valence-electron chi connectivity index (χ1n) is 10.9. The smallest absolute Gasteiger partial charge is 0.251 e. The maximum absolute atomic E-state index is 12.7. The Morgan fingerprint density at radius 2 is 2.09 bits per heavy atom. The van der Waals surface area contributed by atoms with Crippen molar-refractivity contribution in [1.82, 2.24) is 20.6 Å². The van der Waals surface area contributed by atoms with Gasteiger partial charge in [0.2, 0.25) is 11.9 Å². The number of carbonyl (C=O) groups excluding carboxylic acids is 2. The van der Waals surface area contributed by atoms with Gasteiger partial charge in [-0.1, -0.05) is 6.92 Å². The van der Waals surface area contributed by atoms with Crippen LogP contribution in [0.5, 0.6) is 5.75 Å². The number of piperidine rings is 1. The third-order valence-electron chi connectivity index (χ3n) is 5.86. The summed E-state index contributed by atoms with van der Waals surface area (Å²) in [4.78, 5) is 35.4. The van der Waals surface area contributed by atoms with Crippen molar-refractivity contribution < 1.29 is 14.3 Å². The molecule has 10 heteroatoms. The number of aromatic nitrogens is 2. The molecule has 0 radical (unpaired) electrons. The summed E-state index contributed by atoms with van der Waals surface area (Å²) in [5.41, 5.74) is 1.80. The lowest BCUT2D eigenvalue weighted by molar-refractivity contribution is -0.119. The second-order valence-electron chi connectivity index (χ2n) is 7.97. The van der Waals surface area contributed by atoms with Crippen LogP contribution in [0.25, 0.3) is 0 Å². The van der Waals surface area contributed by atoms with E-state index in [0.717, 1.165) is 25.9 Å². The van der Waals surface area contributed by atoms with E-state index in [1.807, 2.05) is 6.92 Å². The largest absolute Gasteiger partial charge is 0.495 e. The lowest BCUT2D eigenvalue weighted by Crippen LogP contribution is -2.45. The van der Waals surface area contributed by atoms with E-state index in [1.54, 1.807) is 43.5 Å². The Balaban J connectivity index is 1.51. The first kappa shape index (κ1) is 21.8. The molecule has 0 aliphatic carbocycles. The number of methoxy groups -OCH3 is 1. The molecule has 0 bridgehead atoms. The molecule has 2 aliphatic rings. The molecule has 0 unspecified atom stereocenters. The molecule has 2 amide bonds. The third-order valence-corrected chi connectivity index (χ3v) is 5.86. The molecule has 2 aliphatic heterocycles. The molecule has 4 rings (SSSR count). The highest BCUT2D eigenvalue weighted by molar-refractivity contribution is 6.03. The molecule has 10 nitrogen and oxygen atoms in total. The average molecular weight is 440 g/mol. The number of hydrogen-bond acceptors (Lipinski definition) is 8. The van der Waals surface area contributed by atoms with Crippen molar-refractivity contribution in [3.63, 3.8) is 0 Å². The summed E-state index contributed by atoms with van der Waals surface area (Å²) < 4.78 is 5.50. The molecule has 170 valence electrons. The number of nitrogens with one attached hydrogen (secondary N) is 4. The van der Waals surface area contributed by atoms with Crippen LogP contribution >= 0.6 is 0 Å². The van der Waals surface area contributed by atoms with E-state index in [1.165, 1.54) is 0 Å².